The third-order valence-corrected chi connectivity index (χ3v) is 2.23. The van der Waals surface area contributed by atoms with Crippen LogP contribution in [0.1, 0.15) is 12.0 Å². The van der Waals surface area contributed by atoms with E-state index in [1.165, 1.54) is 0 Å². The second-order valence-electron chi connectivity index (χ2n) is 3.90. The number of amides is 1. The normalized spacial score (nSPS) is 12.8. The molecule has 0 radical (unpaired) electrons. The Morgan fingerprint density at radius 1 is 1.32 bits per heavy atom. The average Bonchev–Trinajstić information content (AvgIpc) is 2.35. The molecule has 0 aromatic heterocycles. The molecule has 0 saturated carbocycles. The van der Waals surface area contributed by atoms with E-state index in [0.29, 0.717) is 5.56 Å². The number of alkyl carbamates (subject to hydrolysis) is 1. The lowest BCUT2D eigenvalue weighted by Gasteiger charge is -2.17. The van der Waals surface area contributed by atoms with Gasteiger partial charge in [-0.05, 0) is 5.56 Å². The number of nitrogens with one attached hydrogen (secondary N) is 1. The molecule has 0 heterocycles. The molecule has 19 heavy (non-hydrogen) atoms. The Hall–Kier alpha value is -1.76. The predicted molar refractivity (Wildman–Crippen MR) is 61.3 cm³/mol. The van der Waals surface area contributed by atoms with Gasteiger partial charge in [-0.1, -0.05) is 30.3 Å². The van der Waals surface area contributed by atoms with Crippen molar-refractivity contribution in [1.29, 1.82) is 0 Å². The molecule has 0 bridgehead atoms. The third kappa shape index (κ3) is 6.66. The van der Waals surface area contributed by atoms with Crippen LogP contribution in [0.15, 0.2) is 30.3 Å². The predicted octanol–water partition coefficient (Wildman–Crippen LogP) is 2.23. The van der Waals surface area contributed by atoms with Crippen molar-refractivity contribution >= 4 is 6.09 Å². The van der Waals surface area contributed by atoms with Crippen LogP contribution in [0, 0.1) is 0 Å². The fourth-order valence-corrected chi connectivity index (χ4v) is 1.37. The van der Waals surface area contributed by atoms with Crippen molar-refractivity contribution in [3.05, 3.63) is 35.9 Å². The summed E-state index contributed by atoms with van der Waals surface area (Å²) >= 11 is 0. The smallest absolute Gasteiger partial charge is 0.407 e. The number of hydrogen-bond donors (Lipinski definition) is 2. The molecule has 1 aromatic rings. The summed E-state index contributed by atoms with van der Waals surface area (Å²) in [6, 6.07) is 7.31. The Labute approximate surface area is 108 Å². The van der Waals surface area contributed by atoms with E-state index in [4.69, 9.17) is 9.84 Å². The number of carbonyl (C=O) groups excluding carboxylic acids is 1. The number of aliphatic hydroxyl groups is 1. The minimum atomic E-state index is -4.46. The third-order valence-electron chi connectivity index (χ3n) is 2.23. The quantitative estimate of drug-likeness (QED) is 0.867. The number of hydrogen-bond acceptors (Lipinski definition) is 3. The zero-order chi connectivity index (χ0) is 14.3. The molecule has 0 spiro atoms. The summed E-state index contributed by atoms with van der Waals surface area (Å²) in [5, 5.41) is 10.7. The van der Waals surface area contributed by atoms with E-state index in [-0.39, 0.29) is 6.61 Å². The summed E-state index contributed by atoms with van der Waals surface area (Å²) in [6.07, 6.45) is -6.75. The molecule has 106 valence electrons. The van der Waals surface area contributed by atoms with Gasteiger partial charge in [-0.3, -0.25) is 0 Å². The molecule has 4 nitrogen and oxygen atoms in total. The highest BCUT2D eigenvalue weighted by Crippen LogP contribution is 2.21. The van der Waals surface area contributed by atoms with Crippen LogP contribution in [0.2, 0.25) is 0 Å². The molecule has 0 aliphatic carbocycles. The van der Waals surface area contributed by atoms with Crippen LogP contribution in [-0.4, -0.2) is 30.0 Å². The van der Waals surface area contributed by atoms with Crippen LogP contribution in [-0.2, 0) is 11.3 Å². The van der Waals surface area contributed by atoms with Crippen LogP contribution in [0.5, 0.6) is 0 Å². The van der Waals surface area contributed by atoms with Crippen LogP contribution in [0.3, 0.4) is 0 Å². The lowest BCUT2D eigenvalue weighted by Crippen LogP contribution is -2.40. The van der Waals surface area contributed by atoms with Crippen molar-refractivity contribution in [1.82, 2.24) is 5.32 Å². The van der Waals surface area contributed by atoms with Gasteiger partial charge in [0.15, 0.2) is 0 Å². The van der Waals surface area contributed by atoms with Gasteiger partial charge in [-0.2, -0.15) is 13.2 Å². The highest BCUT2D eigenvalue weighted by atomic mass is 19.4. The minimum absolute atomic E-state index is 0.0448. The summed E-state index contributed by atoms with van der Waals surface area (Å²) < 4.78 is 41.0. The van der Waals surface area contributed by atoms with Gasteiger partial charge in [0.1, 0.15) is 6.61 Å². The second-order valence-corrected chi connectivity index (χ2v) is 3.90. The molecule has 1 atom stereocenters. The molecule has 0 aliphatic heterocycles. The van der Waals surface area contributed by atoms with Gasteiger partial charge in [0.25, 0.3) is 0 Å². The number of alkyl halides is 3. The molecule has 1 rings (SSSR count). The Balaban J connectivity index is 2.37. The Morgan fingerprint density at radius 3 is 2.47 bits per heavy atom. The molecule has 1 aromatic carbocycles. The summed E-state index contributed by atoms with van der Waals surface area (Å²) in [5.74, 6) is 0. The van der Waals surface area contributed by atoms with Crippen molar-refractivity contribution in [3.8, 4) is 0 Å². The lowest BCUT2D eigenvalue weighted by atomic mass is 10.2. The first-order valence-corrected chi connectivity index (χ1v) is 5.55. The molecular formula is C12H14F3NO3. The first-order valence-electron chi connectivity index (χ1n) is 5.55. The van der Waals surface area contributed by atoms with Crippen LogP contribution < -0.4 is 5.32 Å². The van der Waals surface area contributed by atoms with Crippen molar-refractivity contribution in [2.24, 2.45) is 0 Å². The van der Waals surface area contributed by atoms with E-state index >= 15 is 0 Å². The molecule has 0 aliphatic rings. The van der Waals surface area contributed by atoms with Gasteiger partial charge in [-0.15, -0.1) is 0 Å². The zero-order valence-corrected chi connectivity index (χ0v) is 9.98. The zero-order valence-electron chi connectivity index (χ0n) is 9.98. The Kier molecular flexibility index (Phi) is 5.62. The maximum absolute atomic E-state index is 12.1. The molecule has 0 unspecified atom stereocenters. The van der Waals surface area contributed by atoms with Crippen LogP contribution >= 0.6 is 0 Å². The summed E-state index contributed by atoms with van der Waals surface area (Å²) in [5.41, 5.74) is 0.717. The Morgan fingerprint density at radius 2 is 1.95 bits per heavy atom. The maximum atomic E-state index is 12.1. The molecule has 0 saturated heterocycles. The number of ether oxygens (including phenoxy) is 1. The van der Waals surface area contributed by atoms with Crippen LogP contribution in [0.4, 0.5) is 18.0 Å². The van der Waals surface area contributed by atoms with Crippen molar-refractivity contribution in [2.45, 2.75) is 25.2 Å². The van der Waals surface area contributed by atoms with E-state index in [1.807, 2.05) is 5.32 Å². The monoisotopic (exact) mass is 277 g/mol. The number of halogens is 3. The Bertz CT molecular complexity index is 395. The second kappa shape index (κ2) is 6.98. The topological polar surface area (TPSA) is 58.6 Å². The van der Waals surface area contributed by atoms with E-state index in [0.717, 1.165) is 0 Å². The summed E-state index contributed by atoms with van der Waals surface area (Å²) in [7, 11) is 0. The number of carbonyl (C=O) groups is 1. The fourth-order valence-electron chi connectivity index (χ4n) is 1.37. The van der Waals surface area contributed by atoms with E-state index < -0.39 is 31.3 Å². The molecule has 0 fully saturated rings. The van der Waals surface area contributed by atoms with Crippen molar-refractivity contribution < 1.29 is 27.8 Å². The number of rotatable bonds is 5. The standard InChI is InChI=1S/C12H14F3NO3/c13-12(14,15)6-10(7-17)16-11(18)19-8-9-4-2-1-3-5-9/h1-5,10,17H,6-8H2,(H,16,18)/t10-/m0/s1. The maximum Gasteiger partial charge on any atom is 0.407 e. The SMILES string of the molecule is O=C(N[C@H](CO)CC(F)(F)F)OCc1ccccc1. The van der Waals surface area contributed by atoms with Crippen molar-refractivity contribution in [3.63, 3.8) is 0 Å². The summed E-state index contributed by atoms with van der Waals surface area (Å²) in [6.45, 7) is -0.850. The highest BCUT2D eigenvalue weighted by Gasteiger charge is 2.32. The van der Waals surface area contributed by atoms with Gasteiger partial charge in [0.2, 0.25) is 0 Å². The first kappa shape index (κ1) is 15.3. The van der Waals surface area contributed by atoms with Gasteiger partial charge in [0.05, 0.1) is 19.1 Å². The first-order chi connectivity index (χ1) is 8.90. The lowest BCUT2D eigenvalue weighted by molar-refractivity contribution is -0.141. The number of aliphatic hydroxyl groups excluding tert-OH is 1. The molecular weight excluding hydrogens is 263 g/mol. The van der Waals surface area contributed by atoms with E-state index in [2.05, 4.69) is 0 Å². The van der Waals surface area contributed by atoms with Gasteiger partial charge >= 0.3 is 12.3 Å². The molecule has 2 N–H and O–H groups in total. The van der Waals surface area contributed by atoms with Gasteiger partial charge in [0, 0.05) is 0 Å². The number of benzene rings is 1. The van der Waals surface area contributed by atoms with E-state index in [1.54, 1.807) is 30.3 Å². The largest absolute Gasteiger partial charge is 0.445 e. The molecule has 1 amide bonds. The van der Waals surface area contributed by atoms with E-state index in [9.17, 15) is 18.0 Å². The van der Waals surface area contributed by atoms with Crippen molar-refractivity contribution in [2.75, 3.05) is 6.61 Å². The van der Waals surface area contributed by atoms with Crippen LogP contribution in [0.25, 0.3) is 0 Å². The van der Waals surface area contributed by atoms with Gasteiger partial charge in [-0.25, -0.2) is 4.79 Å². The molecule has 7 heteroatoms. The van der Waals surface area contributed by atoms with Gasteiger partial charge < -0.3 is 15.2 Å². The highest BCUT2D eigenvalue weighted by molar-refractivity contribution is 5.67. The average molecular weight is 277 g/mol. The fraction of sp³-hybridized carbons (Fsp3) is 0.417. The minimum Gasteiger partial charge on any atom is -0.445 e. The summed E-state index contributed by atoms with van der Waals surface area (Å²) in [4.78, 5) is 11.3.